The molecule has 0 N–H and O–H groups in total. The van der Waals surface area contributed by atoms with Crippen LogP contribution in [0.3, 0.4) is 0 Å². The number of carbonyl (C=O) groups is 1. The lowest BCUT2D eigenvalue weighted by Gasteiger charge is -2.36. The third-order valence-electron chi connectivity index (χ3n) is 4.79. The Hall–Kier alpha value is -1.17. The van der Waals surface area contributed by atoms with Crippen LogP contribution in [0.5, 0.6) is 5.75 Å². The molecular weight excluding hydrogens is 387 g/mol. The maximum absolute atomic E-state index is 11.5. The van der Waals surface area contributed by atoms with Crippen LogP contribution in [0.4, 0.5) is 5.69 Å². The highest BCUT2D eigenvalue weighted by Gasteiger charge is 2.19. The van der Waals surface area contributed by atoms with Crippen molar-refractivity contribution in [3.8, 4) is 5.75 Å². The summed E-state index contributed by atoms with van der Waals surface area (Å²) in [6, 6.07) is 8.23. The number of para-hydroxylation sites is 2. The number of anilines is 1. The summed E-state index contributed by atoms with van der Waals surface area (Å²) in [5, 5.41) is 0. The van der Waals surface area contributed by atoms with Crippen LogP contribution in [0.1, 0.15) is 33.1 Å². The molecule has 5 nitrogen and oxygen atoms in total. The number of piperazine rings is 1. The van der Waals surface area contributed by atoms with Gasteiger partial charge >= 0.3 is 5.97 Å². The number of methoxy groups -OCH3 is 1. The number of rotatable bonds is 9. The van der Waals surface area contributed by atoms with E-state index in [0.717, 1.165) is 51.3 Å². The fourth-order valence-electron chi connectivity index (χ4n) is 3.37. The lowest BCUT2D eigenvalue weighted by Crippen LogP contribution is -2.46. The van der Waals surface area contributed by atoms with Gasteiger partial charge in [0.1, 0.15) is 5.75 Å². The van der Waals surface area contributed by atoms with Crippen molar-refractivity contribution in [3.05, 3.63) is 24.3 Å². The summed E-state index contributed by atoms with van der Waals surface area (Å²) in [6.07, 6.45) is 2.75. The SMILES string of the molecule is CCOC(=O)CC(C)CCCN1CCN(c2ccccc2OC)CC1.Cl.Cl. The third-order valence-corrected chi connectivity index (χ3v) is 4.79. The molecule has 1 aromatic carbocycles. The van der Waals surface area contributed by atoms with Crippen LogP contribution < -0.4 is 9.64 Å². The number of halogens is 2. The van der Waals surface area contributed by atoms with Gasteiger partial charge in [0.2, 0.25) is 0 Å². The second-order valence-corrected chi connectivity index (χ2v) is 6.76. The zero-order chi connectivity index (χ0) is 18.1. The molecule has 1 aromatic rings. The molecule has 1 aliphatic rings. The van der Waals surface area contributed by atoms with Crippen LogP contribution in [-0.2, 0) is 9.53 Å². The normalized spacial score (nSPS) is 15.3. The molecule has 0 aliphatic carbocycles. The summed E-state index contributed by atoms with van der Waals surface area (Å²) in [5.74, 6) is 1.28. The fourth-order valence-corrected chi connectivity index (χ4v) is 3.37. The Labute approximate surface area is 176 Å². The van der Waals surface area contributed by atoms with E-state index in [-0.39, 0.29) is 30.8 Å². The van der Waals surface area contributed by atoms with Crippen molar-refractivity contribution in [3.63, 3.8) is 0 Å². The second kappa shape index (κ2) is 13.9. The highest BCUT2D eigenvalue weighted by molar-refractivity contribution is 5.85. The highest BCUT2D eigenvalue weighted by atomic mass is 35.5. The van der Waals surface area contributed by atoms with E-state index in [9.17, 15) is 4.79 Å². The first kappa shape index (κ1) is 25.8. The van der Waals surface area contributed by atoms with Gasteiger partial charge in [0.25, 0.3) is 0 Å². The zero-order valence-electron chi connectivity index (χ0n) is 16.7. The van der Waals surface area contributed by atoms with Crippen LogP contribution >= 0.6 is 24.8 Å². The van der Waals surface area contributed by atoms with E-state index in [1.807, 2.05) is 19.1 Å². The Morgan fingerprint density at radius 2 is 1.81 bits per heavy atom. The molecule has 0 radical (unpaired) electrons. The largest absolute Gasteiger partial charge is 0.495 e. The summed E-state index contributed by atoms with van der Waals surface area (Å²) < 4.78 is 10.5. The maximum Gasteiger partial charge on any atom is 0.306 e. The maximum atomic E-state index is 11.5. The van der Waals surface area contributed by atoms with E-state index in [0.29, 0.717) is 18.9 Å². The number of nitrogens with zero attached hydrogens (tertiary/aromatic N) is 2. The van der Waals surface area contributed by atoms with Crippen LogP contribution in [0.2, 0.25) is 0 Å². The van der Waals surface area contributed by atoms with E-state index in [1.54, 1.807) is 7.11 Å². The number of carbonyl (C=O) groups excluding carboxylic acids is 1. The molecule has 0 spiro atoms. The summed E-state index contributed by atoms with van der Waals surface area (Å²) in [4.78, 5) is 16.4. The number of hydrogen-bond donors (Lipinski definition) is 0. The minimum Gasteiger partial charge on any atom is -0.495 e. The Bertz CT molecular complexity index is 538. The highest BCUT2D eigenvalue weighted by Crippen LogP contribution is 2.28. The Morgan fingerprint density at radius 1 is 1.15 bits per heavy atom. The lowest BCUT2D eigenvalue weighted by atomic mass is 10.0. The van der Waals surface area contributed by atoms with Crippen molar-refractivity contribution in [2.45, 2.75) is 33.1 Å². The standard InChI is InChI=1S/C20H32N2O3.2ClH/c1-4-25-20(23)16-17(2)8-7-11-21-12-14-22(15-13-21)18-9-5-6-10-19(18)24-3;;/h5-6,9-10,17H,4,7-8,11-16H2,1-3H3;2*1H. The molecule has 1 saturated heterocycles. The van der Waals surface area contributed by atoms with Gasteiger partial charge in [-0.25, -0.2) is 0 Å². The summed E-state index contributed by atoms with van der Waals surface area (Å²) >= 11 is 0. The van der Waals surface area contributed by atoms with Crippen molar-refractivity contribution in [1.82, 2.24) is 4.90 Å². The van der Waals surface area contributed by atoms with Gasteiger partial charge in [-0.3, -0.25) is 9.69 Å². The van der Waals surface area contributed by atoms with Crippen molar-refractivity contribution < 1.29 is 14.3 Å². The molecule has 0 bridgehead atoms. The smallest absolute Gasteiger partial charge is 0.306 e. The lowest BCUT2D eigenvalue weighted by molar-refractivity contribution is -0.144. The van der Waals surface area contributed by atoms with Crippen molar-refractivity contribution >= 4 is 36.5 Å². The van der Waals surface area contributed by atoms with E-state index >= 15 is 0 Å². The molecule has 0 saturated carbocycles. The molecule has 1 unspecified atom stereocenters. The molecule has 156 valence electrons. The van der Waals surface area contributed by atoms with Gasteiger partial charge in [0.15, 0.2) is 0 Å². The van der Waals surface area contributed by atoms with Gasteiger partial charge in [-0.2, -0.15) is 0 Å². The average molecular weight is 421 g/mol. The van der Waals surface area contributed by atoms with Crippen molar-refractivity contribution in [2.75, 3.05) is 51.3 Å². The molecule has 27 heavy (non-hydrogen) atoms. The molecule has 1 heterocycles. The van der Waals surface area contributed by atoms with E-state index in [4.69, 9.17) is 9.47 Å². The molecular formula is C20H34Cl2N2O3. The topological polar surface area (TPSA) is 42.0 Å². The van der Waals surface area contributed by atoms with Gasteiger partial charge in [-0.05, 0) is 44.4 Å². The monoisotopic (exact) mass is 420 g/mol. The van der Waals surface area contributed by atoms with Crippen LogP contribution in [0.15, 0.2) is 24.3 Å². The third kappa shape index (κ3) is 8.58. The first-order valence-corrected chi connectivity index (χ1v) is 9.40. The number of hydrogen-bond acceptors (Lipinski definition) is 5. The van der Waals surface area contributed by atoms with E-state index in [1.165, 1.54) is 5.69 Å². The molecule has 1 atom stereocenters. The predicted molar refractivity (Wildman–Crippen MR) is 116 cm³/mol. The van der Waals surface area contributed by atoms with E-state index < -0.39 is 0 Å². The molecule has 7 heteroatoms. The van der Waals surface area contributed by atoms with Crippen molar-refractivity contribution in [2.24, 2.45) is 5.92 Å². The summed E-state index contributed by atoms with van der Waals surface area (Å²) in [6.45, 7) is 9.77. The summed E-state index contributed by atoms with van der Waals surface area (Å²) in [7, 11) is 1.73. The predicted octanol–water partition coefficient (Wildman–Crippen LogP) is 4.03. The van der Waals surface area contributed by atoms with E-state index in [2.05, 4.69) is 28.9 Å². The Morgan fingerprint density at radius 3 is 2.44 bits per heavy atom. The zero-order valence-corrected chi connectivity index (χ0v) is 18.3. The molecule has 1 fully saturated rings. The quantitative estimate of drug-likeness (QED) is 0.564. The Balaban J connectivity index is 0.00000338. The molecule has 0 amide bonds. The van der Waals surface area contributed by atoms with Gasteiger partial charge in [-0.15, -0.1) is 24.8 Å². The molecule has 1 aliphatic heterocycles. The number of ether oxygens (including phenoxy) is 2. The fraction of sp³-hybridized carbons (Fsp3) is 0.650. The summed E-state index contributed by atoms with van der Waals surface area (Å²) in [5.41, 5.74) is 1.19. The minimum atomic E-state index is -0.0691. The van der Waals surface area contributed by atoms with Gasteiger partial charge in [-0.1, -0.05) is 19.1 Å². The van der Waals surface area contributed by atoms with Crippen LogP contribution in [0.25, 0.3) is 0 Å². The first-order chi connectivity index (χ1) is 12.1. The van der Waals surface area contributed by atoms with Gasteiger partial charge in [0.05, 0.1) is 19.4 Å². The molecule has 0 aromatic heterocycles. The average Bonchev–Trinajstić information content (AvgIpc) is 2.62. The van der Waals surface area contributed by atoms with Crippen molar-refractivity contribution in [1.29, 1.82) is 0 Å². The number of benzene rings is 1. The van der Waals surface area contributed by atoms with Gasteiger partial charge < -0.3 is 14.4 Å². The Kier molecular flexibility index (Phi) is 13.3. The molecule has 2 rings (SSSR count). The van der Waals surface area contributed by atoms with Crippen LogP contribution in [0, 0.1) is 5.92 Å². The number of esters is 1. The second-order valence-electron chi connectivity index (χ2n) is 6.76. The van der Waals surface area contributed by atoms with Crippen LogP contribution in [-0.4, -0.2) is 57.3 Å². The minimum absolute atomic E-state index is 0. The van der Waals surface area contributed by atoms with Gasteiger partial charge in [0, 0.05) is 32.6 Å². The first-order valence-electron chi connectivity index (χ1n) is 9.40.